The predicted molar refractivity (Wildman–Crippen MR) is 80.5 cm³/mol. The number of pyridine rings is 1. The van der Waals surface area contributed by atoms with Crippen LogP contribution in [0.15, 0.2) is 41.6 Å². The minimum atomic E-state index is -3.52. The highest BCUT2D eigenvalue weighted by atomic mass is 35.5. The Morgan fingerprint density at radius 1 is 1.21 bits per heavy atom. The van der Waals surface area contributed by atoms with Crippen LogP contribution in [0.3, 0.4) is 0 Å². The van der Waals surface area contributed by atoms with Crippen LogP contribution in [0, 0.1) is 0 Å². The zero-order valence-electron chi connectivity index (χ0n) is 9.94. The topological polar surface area (TPSA) is 85.1 Å². The van der Waals surface area contributed by atoms with E-state index < -0.39 is 10.0 Å². The molecule has 5 nitrogen and oxygen atoms in total. The van der Waals surface area contributed by atoms with Gasteiger partial charge in [-0.3, -0.25) is 4.98 Å². The van der Waals surface area contributed by atoms with Gasteiger partial charge in [-0.15, -0.1) is 24.8 Å². The van der Waals surface area contributed by atoms with Crippen molar-refractivity contribution in [1.82, 2.24) is 9.71 Å². The number of benzene rings is 1. The third-order valence-electron chi connectivity index (χ3n) is 2.37. The molecule has 3 N–H and O–H groups in total. The summed E-state index contributed by atoms with van der Waals surface area (Å²) in [6, 6.07) is 6.89. The number of fused-ring (bicyclic) bond motifs is 1. The minimum Gasteiger partial charge on any atom is -0.329 e. The Bertz CT molecular complexity index is 629. The predicted octanol–water partition coefficient (Wildman–Crippen LogP) is 1.32. The molecule has 1 aromatic heterocycles. The first-order valence-electron chi connectivity index (χ1n) is 5.17. The fourth-order valence-corrected chi connectivity index (χ4v) is 2.85. The molecule has 0 fully saturated rings. The molecule has 0 aliphatic rings. The molecule has 2 rings (SSSR count). The maximum absolute atomic E-state index is 12.0. The fourth-order valence-electron chi connectivity index (χ4n) is 1.59. The first-order valence-corrected chi connectivity index (χ1v) is 6.66. The monoisotopic (exact) mass is 323 g/mol. The van der Waals surface area contributed by atoms with Crippen LogP contribution in [0.25, 0.3) is 10.8 Å². The quantitative estimate of drug-likeness (QED) is 0.888. The van der Waals surface area contributed by atoms with Crippen LogP contribution in [-0.2, 0) is 10.0 Å². The second kappa shape index (κ2) is 7.62. The Kier molecular flexibility index (Phi) is 7.25. The number of halogens is 2. The zero-order valence-corrected chi connectivity index (χ0v) is 12.4. The molecule has 0 aliphatic carbocycles. The first-order chi connectivity index (χ1) is 8.15. The largest absolute Gasteiger partial charge is 0.329 e. The fraction of sp³-hybridized carbons (Fsp3) is 0.182. The summed E-state index contributed by atoms with van der Waals surface area (Å²) in [4.78, 5) is 4.18. The van der Waals surface area contributed by atoms with Gasteiger partial charge in [-0.2, -0.15) is 0 Å². The average molecular weight is 324 g/mol. The number of nitrogens with two attached hydrogens (primary N) is 1. The van der Waals surface area contributed by atoms with E-state index in [-0.39, 0.29) is 42.8 Å². The number of rotatable bonds is 4. The number of sulfonamides is 1. The number of aromatic nitrogens is 1. The molecular formula is C11H15Cl2N3O2S. The lowest BCUT2D eigenvalue weighted by Gasteiger charge is -2.08. The summed E-state index contributed by atoms with van der Waals surface area (Å²) >= 11 is 0. The summed E-state index contributed by atoms with van der Waals surface area (Å²) in [7, 11) is -3.52. The van der Waals surface area contributed by atoms with Gasteiger partial charge in [0.2, 0.25) is 10.0 Å². The van der Waals surface area contributed by atoms with Gasteiger partial charge in [0, 0.05) is 30.9 Å². The number of hydrogen-bond acceptors (Lipinski definition) is 4. The van der Waals surface area contributed by atoms with Crippen LogP contribution in [0.5, 0.6) is 0 Å². The summed E-state index contributed by atoms with van der Waals surface area (Å²) < 4.78 is 26.5. The standard InChI is InChI=1S/C11H13N3O2S.2ClH/c12-5-7-14-17(15,16)11-3-1-2-9-4-6-13-8-10(9)11;;/h1-4,6,8,14H,5,7,12H2;2*1H. The highest BCUT2D eigenvalue weighted by molar-refractivity contribution is 7.89. The second-order valence-electron chi connectivity index (χ2n) is 3.54. The summed E-state index contributed by atoms with van der Waals surface area (Å²) in [5, 5.41) is 1.45. The van der Waals surface area contributed by atoms with Gasteiger partial charge in [-0.25, -0.2) is 13.1 Å². The van der Waals surface area contributed by atoms with Gasteiger partial charge in [-0.05, 0) is 17.5 Å². The molecule has 106 valence electrons. The Labute approximate surface area is 124 Å². The molecule has 0 aliphatic heterocycles. The Balaban J connectivity index is 0.00000162. The molecule has 1 heterocycles. The lowest BCUT2D eigenvalue weighted by atomic mass is 10.2. The molecule has 0 spiro atoms. The molecule has 2 aromatic rings. The Hall–Kier alpha value is -0.920. The molecule has 8 heteroatoms. The number of nitrogens with zero attached hydrogens (tertiary/aromatic N) is 1. The summed E-state index contributed by atoms with van der Waals surface area (Å²) in [5.41, 5.74) is 5.29. The third kappa shape index (κ3) is 4.02. The van der Waals surface area contributed by atoms with E-state index in [0.717, 1.165) is 5.39 Å². The molecule has 0 amide bonds. The van der Waals surface area contributed by atoms with E-state index in [1.165, 1.54) is 0 Å². The molecule has 0 atom stereocenters. The molecular weight excluding hydrogens is 309 g/mol. The van der Waals surface area contributed by atoms with Crippen molar-refractivity contribution < 1.29 is 8.42 Å². The van der Waals surface area contributed by atoms with Crippen LogP contribution >= 0.6 is 24.8 Å². The molecule has 1 aromatic carbocycles. The highest BCUT2D eigenvalue weighted by Crippen LogP contribution is 2.21. The third-order valence-corrected chi connectivity index (χ3v) is 3.89. The van der Waals surface area contributed by atoms with E-state index in [4.69, 9.17) is 5.73 Å². The van der Waals surface area contributed by atoms with Crippen molar-refractivity contribution in [1.29, 1.82) is 0 Å². The summed E-state index contributed by atoms with van der Waals surface area (Å²) in [6.45, 7) is 0.487. The van der Waals surface area contributed by atoms with E-state index in [0.29, 0.717) is 5.39 Å². The maximum Gasteiger partial charge on any atom is 0.241 e. The molecule has 0 unspecified atom stereocenters. The van der Waals surface area contributed by atoms with E-state index in [1.54, 1.807) is 30.6 Å². The van der Waals surface area contributed by atoms with Gasteiger partial charge >= 0.3 is 0 Å². The second-order valence-corrected chi connectivity index (χ2v) is 5.27. The normalized spacial score (nSPS) is 10.6. The van der Waals surface area contributed by atoms with Crippen molar-refractivity contribution in [3.8, 4) is 0 Å². The van der Waals surface area contributed by atoms with Crippen molar-refractivity contribution >= 4 is 45.6 Å². The van der Waals surface area contributed by atoms with Crippen LogP contribution in [0.4, 0.5) is 0 Å². The number of hydrogen-bond donors (Lipinski definition) is 2. The van der Waals surface area contributed by atoms with Crippen molar-refractivity contribution in [3.63, 3.8) is 0 Å². The van der Waals surface area contributed by atoms with Crippen LogP contribution in [0.1, 0.15) is 0 Å². The molecule has 0 saturated heterocycles. The minimum absolute atomic E-state index is 0. The van der Waals surface area contributed by atoms with Crippen molar-refractivity contribution in [2.24, 2.45) is 5.73 Å². The summed E-state index contributed by atoms with van der Waals surface area (Å²) in [6.07, 6.45) is 3.18. The average Bonchev–Trinajstić information content (AvgIpc) is 2.36. The zero-order chi connectivity index (χ0) is 12.3. The van der Waals surface area contributed by atoms with E-state index >= 15 is 0 Å². The van der Waals surface area contributed by atoms with Crippen molar-refractivity contribution in [3.05, 3.63) is 36.7 Å². The van der Waals surface area contributed by atoms with Gasteiger partial charge in [0.05, 0.1) is 4.90 Å². The van der Waals surface area contributed by atoms with Crippen LogP contribution in [-0.4, -0.2) is 26.5 Å². The molecule has 0 saturated carbocycles. The van der Waals surface area contributed by atoms with Gasteiger partial charge in [0.1, 0.15) is 0 Å². The number of nitrogens with one attached hydrogen (secondary N) is 1. The summed E-state index contributed by atoms with van der Waals surface area (Å²) in [5.74, 6) is 0. The van der Waals surface area contributed by atoms with Crippen molar-refractivity contribution in [2.75, 3.05) is 13.1 Å². The Morgan fingerprint density at radius 3 is 2.63 bits per heavy atom. The van der Waals surface area contributed by atoms with Crippen molar-refractivity contribution in [2.45, 2.75) is 4.90 Å². The molecule has 0 bridgehead atoms. The maximum atomic E-state index is 12.0. The SMILES string of the molecule is Cl.Cl.NCCNS(=O)(=O)c1cccc2ccncc12. The lowest BCUT2D eigenvalue weighted by molar-refractivity contribution is 0.583. The lowest BCUT2D eigenvalue weighted by Crippen LogP contribution is -2.29. The van der Waals surface area contributed by atoms with Crippen LogP contribution in [0.2, 0.25) is 0 Å². The van der Waals surface area contributed by atoms with Crippen LogP contribution < -0.4 is 10.5 Å². The van der Waals surface area contributed by atoms with Gasteiger partial charge in [0.25, 0.3) is 0 Å². The van der Waals surface area contributed by atoms with Gasteiger partial charge in [0.15, 0.2) is 0 Å². The molecule has 0 radical (unpaired) electrons. The van der Waals surface area contributed by atoms with Gasteiger partial charge in [-0.1, -0.05) is 12.1 Å². The first kappa shape index (κ1) is 18.1. The Morgan fingerprint density at radius 2 is 1.95 bits per heavy atom. The highest BCUT2D eigenvalue weighted by Gasteiger charge is 2.16. The van der Waals surface area contributed by atoms with Gasteiger partial charge < -0.3 is 5.73 Å². The van der Waals surface area contributed by atoms with E-state index in [2.05, 4.69) is 9.71 Å². The van der Waals surface area contributed by atoms with E-state index in [9.17, 15) is 8.42 Å². The van der Waals surface area contributed by atoms with E-state index in [1.807, 2.05) is 6.07 Å². The smallest absolute Gasteiger partial charge is 0.241 e. The molecule has 19 heavy (non-hydrogen) atoms.